The van der Waals surface area contributed by atoms with Crippen LogP contribution in [-0.4, -0.2) is 25.7 Å². The van der Waals surface area contributed by atoms with Crippen molar-refractivity contribution in [3.05, 3.63) is 41.0 Å². The van der Waals surface area contributed by atoms with Crippen LogP contribution in [0.15, 0.2) is 18.5 Å². The maximum atomic E-state index is 11.6. The Labute approximate surface area is 121 Å². The highest BCUT2D eigenvalue weighted by Crippen LogP contribution is 2.31. The molecule has 0 radical (unpaired) electrons. The highest BCUT2D eigenvalue weighted by molar-refractivity contribution is 7.67. The van der Waals surface area contributed by atoms with Crippen LogP contribution in [0.25, 0.3) is 0 Å². The van der Waals surface area contributed by atoms with E-state index in [1.807, 2.05) is 27.0 Å². The number of nitrogens with zero attached hydrogens (tertiary/aromatic N) is 2. The van der Waals surface area contributed by atoms with Gasteiger partial charge in [0.2, 0.25) is 0 Å². The molecule has 0 unspecified atom stereocenters. The molecule has 0 saturated heterocycles. The Morgan fingerprint density at radius 3 is 2.65 bits per heavy atom. The van der Waals surface area contributed by atoms with Crippen molar-refractivity contribution >= 4 is 21.8 Å². The number of aromatic nitrogens is 2. The van der Waals surface area contributed by atoms with E-state index in [-0.39, 0.29) is 0 Å². The van der Waals surface area contributed by atoms with Crippen LogP contribution in [0.4, 0.5) is 5.69 Å². The second-order valence-electron chi connectivity index (χ2n) is 4.59. The summed E-state index contributed by atoms with van der Waals surface area (Å²) in [6.45, 7) is 3.83. The summed E-state index contributed by atoms with van der Waals surface area (Å²) in [5, 5.41) is 0. The lowest BCUT2D eigenvalue weighted by atomic mass is 9.98. The monoisotopic (exact) mass is 291 g/mol. The fourth-order valence-electron chi connectivity index (χ4n) is 2.39. The minimum absolute atomic E-state index is 0.396. The first kappa shape index (κ1) is 14.3. The molecule has 2 aromatic rings. The van der Waals surface area contributed by atoms with Gasteiger partial charge < -0.3 is 15.0 Å². The standard InChI is InChI=1S/C14H17N3O2S/c1-8-7-10(15)11(9(2)12(8)19-4)13(20-18)14-16-5-6-17(14)3/h5-7H,15H2,1-4H3. The Bertz CT molecular complexity index is 715. The van der Waals surface area contributed by atoms with Crippen molar-refractivity contribution in [2.75, 3.05) is 12.8 Å². The number of rotatable bonds is 3. The van der Waals surface area contributed by atoms with Gasteiger partial charge in [0.1, 0.15) is 21.9 Å². The SMILES string of the molecule is COc1c(C)cc(N)c(C(=S=O)c2nccn2C)c1C. The van der Waals surface area contributed by atoms with E-state index < -0.39 is 0 Å². The Morgan fingerprint density at radius 2 is 2.15 bits per heavy atom. The van der Waals surface area contributed by atoms with Crippen molar-refractivity contribution in [1.82, 2.24) is 9.55 Å². The van der Waals surface area contributed by atoms with E-state index in [2.05, 4.69) is 4.98 Å². The van der Waals surface area contributed by atoms with E-state index in [4.69, 9.17) is 10.5 Å². The molecule has 0 fully saturated rings. The summed E-state index contributed by atoms with van der Waals surface area (Å²) in [7, 11) is 3.45. The summed E-state index contributed by atoms with van der Waals surface area (Å²) >= 11 is 0.396. The molecule has 1 aromatic carbocycles. The molecule has 20 heavy (non-hydrogen) atoms. The van der Waals surface area contributed by atoms with Crippen molar-refractivity contribution in [3.63, 3.8) is 0 Å². The molecule has 106 valence electrons. The molecule has 6 heteroatoms. The third kappa shape index (κ3) is 2.22. The fraction of sp³-hybridized carbons (Fsp3) is 0.286. The van der Waals surface area contributed by atoms with Crippen LogP contribution < -0.4 is 10.5 Å². The van der Waals surface area contributed by atoms with Gasteiger partial charge in [-0.05, 0) is 25.5 Å². The van der Waals surface area contributed by atoms with Crippen LogP contribution in [0.5, 0.6) is 5.75 Å². The Balaban J connectivity index is 2.75. The molecule has 0 saturated carbocycles. The van der Waals surface area contributed by atoms with Crippen molar-refractivity contribution in [1.29, 1.82) is 0 Å². The van der Waals surface area contributed by atoms with Gasteiger partial charge in [-0.2, -0.15) is 0 Å². The molecule has 5 nitrogen and oxygen atoms in total. The average molecular weight is 291 g/mol. The number of methoxy groups -OCH3 is 1. The average Bonchev–Trinajstić information content (AvgIpc) is 2.81. The number of imidazole rings is 1. The number of nitrogens with two attached hydrogens (primary N) is 1. The number of hydrogen-bond acceptors (Lipinski definition) is 4. The lowest BCUT2D eigenvalue weighted by molar-refractivity contribution is 0.408. The predicted molar refractivity (Wildman–Crippen MR) is 81.4 cm³/mol. The molecule has 2 rings (SSSR count). The van der Waals surface area contributed by atoms with Gasteiger partial charge >= 0.3 is 0 Å². The Kier molecular flexibility index (Phi) is 3.94. The van der Waals surface area contributed by atoms with E-state index >= 15 is 0 Å². The quantitative estimate of drug-likeness (QED) is 0.527. The molecule has 0 spiro atoms. The third-order valence-electron chi connectivity index (χ3n) is 3.27. The largest absolute Gasteiger partial charge is 0.496 e. The molecular formula is C14H17N3O2S. The summed E-state index contributed by atoms with van der Waals surface area (Å²) in [6, 6.07) is 1.82. The number of benzene rings is 1. The van der Waals surface area contributed by atoms with Crippen LogP contribution in [0, 0.1) is 13.8 Å². The normalized spacial score (nSPS) is 10.4. The smallest absolute Gasteiger partial charge is 0.153 e. The van der Waals surface area contributed by atoms with Crippen molar-refractivity contribution in [3.8, 4) is 5.75 Å². The number of hydrogen-bond donors (Lipinski definition) is 1. The fourth-order valence-corrected chi connectivity index (χ4v) is 3.01. The molecule has 0 aliphatic carbocycles. The van der Waals surface area contributed by atoms with Gasteiger partial charge in [-0.15, -0.1) is 0 Å². The lowest BCUT2D eigenvalue weighted by Crippen LogP contribution is -2.15. The minimum atomic E-state index is 0.396. The van der Waals surface area contributed by atoms with Crippen LogP contribution in [0.2, 0.25) is 0 Å². The number of nitrogen functional groups attached to an aromatic ring is 1. The van der Waals surface area contributed by atoms with E-state index in [1.165, 1.54) is 0 Å². The van der Waals surface area contributed by atoms with Gasteiger partial charge in [-0.25, -0.2) is 9.19 Å². The summed E-state index contributed by atoms with van der Waals surface area (Å²) in [5.74, 6) is 1.35. The number of ether oxygens (including phenoxy) is 1. The molecule has 0 amide bonds. The minimum Gasteiger partial charge on any atom is -0.496 e. The molecule has 0 bridgehead atoms. The van der Waals surface area contributed by atoms with E-state index in [0.29, 0.717) is 33.2 Å². The summed E-state index contributed by atoms with van der Waals surface area (Å²) in [4.78, 5) is 4.74. The van der Waals surface area contributed by atoms with Gasteiger partial charge in [0, 0.05) is 36.3 Å². The van der Waals surface area contributed by atoms with Crippen LogP contribution >= 0.6 is 0 Å². The summed E-state index contributed by atoms with van der Waals surface area (Å²) < 4.78 is 18.8. The van der Waals surface area contributed by atoms with Crippen molar-refractivity contribution < 1.29 is 8.95 Å². The van der Waals surface area contributed by atoms with Crippen molar-refractivity contribution in [2.24, 2.45) is 7.05 Å². The zero-order chi connectivity index (χ0) is 14.9. The molecule has 0 atom stereocenters. The number of aryl methyl sites for hydroxylation is 2. The predicted octanol–water partition coefficient (Wildman–Crippen LogP) is 1.41. The van der Waals surface area contributed by atoms with Gasteiger partial charge in [0.05, 0.1) is 7.11 Å². The Hall–Kier alpha value is -2.08. The second-order valence-corrected chi connectivity index (χ2v) is 5.17. The van der Waals surface area contributed by atoms with Crippen molar-refractivity contribution in [2.45, 2.75) is 13.8 Å². The maximum Gasteiger partial charge on any atom is 0.153 e. The zero-order valence-corrected chi connectivity index (χ0v) is 12.7. The van der Waals surface area contributed by atoms with Gasteiger partial charge in [0.15, 0.2) is 5.82 Å². The van der Waals surface area contributed by atoms with Crippen LogP contribution in [0.3, 0.4) is 0 Å². The molecule has 0 aliphatic heterocycles. The molecule has 0 aliphatic rings. The first-order chi connectivity index (χ1) is 9.51. The van der Waals surface area contributed by atoms with Gasteiger partial charge in [-0.3, -0.25) is 0 Å². The van der Waals surface area contributed by atoms with E-state index in [9.17, 15) is 4.21 Å². The first-order valence-corrected chi connectivity index (χ1v) is 6.83. The highest BCUT2D eigenvalue weighted by Gasteiger charge is 2.20. The maximum absolute atomic E-state index is 11.6. The molecule has 1 aromatic heterocycles. The van der Waals surface area contributed by atoms with E-state index in [1.54, 1.807) is 24.1 Å². The zero-order valence-electron chi connectivity index (χ0n) is 11.9. The lowest BCUT2D eigenvalue weighted by Gasteiger charge is -2.16. The topological polar surface area (TPSA) is 70.1 Å². The molecular weight excluding hydrogens is 274 g/mol. The third-order valence-corrected chi connectivity index (χ3v) is 3.83. The first-order valence-electron chi connectivity index (χ1n) is 6.09. The van der Waals surface area contributed by atoms with Crippen LogP contribution in [-0.2, 0) is 18.3 Å². The Morgan fingerprint density at radius 1 is 1.45 bits per heavy atom. The second kappa shape index (κ2) is 5.50. The summed E-state index contributed by atoms with van der Waals surface area (Å²) in [5.41, 5.74) is 9.17. The van der Waals surface area contributed by atoms with Gasteiger partial charge in [-0.1, -0.05) is 0 Å². The van der Waals surface area contributed by atoms with Crippen LogP contribution in [0.1, 0.15) is 22.5 Å². The molecule has 2 N–H and O–H groups in total. The van der Waals surface area contributed by atoms with Gasteiger partial charge in [0.25, 0.3) is 0 Å². The van der Waals surface area contributed by atoms with E-state index in [0.717, 1.165) is 16.9 Å². The summed E-state index contributed by atoms with van der Waals surface area (Å²) in [6.07, 6.45) is 3.45. The molecule has 1 heterocycles. The number of anilines is 1. The highest BCUT2D eigenvalue weighted by atomic mass is 32.1.